The lowest BCUT2D eigenvalue weighted by molar-refractivity contribution is -0.135. The number of hydrogen-bond acceptors (Lipinski definition) is 7. The van der Waals surface area contributed by atoms with E-state index in [0.29, 0.717) is 16.9 Å². The van der Waals surface area contributed by atoms with Gasteiger partial charge in [0.1, 0.15) is 17.4 Å². The summed E-state index contributed by atoms with van der Waals surface area (Å²) in [5.41, 5.74) is 2.01. The number of carbonyl (C=O) groups is 1. The SMILES string of the molecule is C.COC(=O)/C(C#N)=C/c1ccc(O)cc1.COc1cc(C=C(C)C#N)ccc1O. The van der Waals surface area contributed by atoms with Gasteiger partial charge in [-0.1, -0.05) is 25.6 Å². The molecular formula is C23H24N2O5. The molecule has 7 nitrogen and oxygen atoms in total. The first kappa shape index (κ1) is 25.8. The Balaban J connectivity index is 0.000000544. The van der Waals surface area contributed by atoms with Crippen LogP contribution in [-0.4, -0.2) is 30.4 Å². The lowest BCUT2D eigenvalue weighted by Gasteiger charge is -2.03. The van der Waals surface area contributed by atoms with Gasteiger partial charge in [0.2, 0.25) is 0 Å². The smallest absolute Gasteiger partial charge is 0.348 e. The van der Waals surface area contributed by atoms with E-state index in [9.17, 15) is 9.90 Å². The molecule has 0 amide bonds. The Kier molecular flexibility index (Phi) is 11.2. The van der Waals surface area contributed by atoms with E-state index >= 15 is 0 Å². The fourth-order valence-corrected chi connectivity index (χ4v) is 2.05. The van der Waals surface area contributed by atoms with Crippen LogP contribution in [0.25, 0.3) is 12.2 Å². The molecule has 0 unspecified atom stereocenters. The molecule has 0 aromatic heterocycles. The third-order valence-corrected chi connectivity index (χ3v) is 3.49. The molecule has 0 aliphatic carbocycles. The maximum Gasteiger partial charge on any atom is 0.348 e. The van der Waals surface area contributed by atoms with Gasteiger partial charge in [-0.15, -0.1) is 0 Å². The fourth-order valence-electron chi connectivity index (χ4n) is 2.05. The van der Waals surface area contributed by atoms with Crippen molar-refractivity contribution in [3.63, 3.8) is 0 Å². The second-order valence-corrected chi connectivity index (χ2v) is 5.62. The molecule has 0 heterocycles. The van der Waals surface area contributed by atoms with Gasteiger partial charge in [-0.3, -0.25) is 0 Å². The highest BCUT2D eigenvalue weighted by molar-refractivity contribution is 5.97. The maximum absolute atomic E-state index is 11.1. The summed E-state index contributed by atoms with van der Waals surface area (Å²) in [6.45, 7) is 1.72. The van der Waals surface area contributed by atoms with Crippen molar-refractivity contribution in [2.24, 2.45) is 0 Å². The Labute approximate surface area is 176 Å². The number of nitrogens with zero attached hydrogens (tertiary/aromatic N) is 2. The number of rotatable bonds is 4. The summed E-state index contributed by atoms with van der Waals surface area (Å²) < 4.78 is 9.36. The van der Waals surface area contributed by atoms with Gasteiger partial charge in [-0.25, -0.2) is 4.79 Å². The van der Waals surface area contributed by atoms with E-state index in [1.54, 1.807) is 43.3 Å². The van der Waals surface area contributed by atoms with Crippen molar-refractivity contribution in [3.8, 4) is 29.4 Å². The van der Waals surface area contributed by atoms with Crippen LogP contribution in [0.3, 0.4) is 0 Å². The Hall–Kier alpha value is -4.23. The zero-order valence-corrected chi connectivity index (χ0v) is 16.2. The number of hydrogen-bond donors (Lipinski definition) is 2. The van der Waals surface area contributed by atoms with Crippen molar-refractivity contribution < 1.29 is 24.5 Å². The summed E-state index contributed by atoms with van der Waals surface area (Å²) in [6, 6.07) is 14.8. The van der Waals surface area contributed by atoms with E-state index in [2.05, 4.69) is 4.74 Å². The van der Waals surface area contributed by atoms with Gasteiger partial charge in [0.15, 0.2) is 11.5 Å². The Morgan fingerprint density at radius 2 is 1.57 bits per heavy atom. The molecule has 2 N–H and O–H groups in total. The number of phenols is 2. The normalized spacial score (nSPS) is 10.3. The summed E-state index contributed by atoms with van der Waals surface area (Å²) in [7, 11) is 2.70. The van der Waals surface area contributed by atoms with Crippen molar-refractivity contribution in [2.75, 3.05) is 14.2 Å². The lowest BCUT2D eigenvalue weighted by atomic mass is 10.1. The first-order chi connectivity index (χ1) is 13.8. The lowest BCUT2D eigenvalue weighted by Crippen LogP contribution is -2.02. The number of nitriles is 2. The predicted octanol–water partition coefficient (Wildman–Crippen LogP) is 4.44. The van der Waals surface area contributed by atoms with E-state index in [1.807, 2.05) is 6.07 Å². The summed E-state index contributed by atoms with van der Waals surface area (Å²) in [4.78, 5) is 11.1. The van der Waals surface area contributed by atoms with E-state index in [-0.39, 0.29) is 24.5 Å². The van der Waals surface area contributed by atoms with Crippen LogP contribution in [0, 0.1) is 22.7 Å². The second-order valence-electron chi connectivity index (χ2n) is 5.62. The second kappa shape index (κ2) is 13.0. The molecule has 0 aliphatic heterocycles. The van der Waals surface area contributed by atoms with E-state index in [1.165, 1.54) is 38.5 Å². The summed E-state index contributed by atoms with van der Waals surface area (Å²) in [6.07, 6.45) is 3.12. The number of carbonyl (C=O) groups excluding carboxylic acids is 1. The largest absolute Gasteiger partial charge is 0.508 e. The van der Waals surface area contributed by atoms with Crippen LogP contribution in [0.2, 0.25) is 0 Å². The average molecular weight is 408 g/mol. The van der Waals surface area contributed by atoms with Crippen LogP contribution >= 0.6 is 0 Å². The topological polar surface area (TPSA) is 124 Å². The molecule has 0 bridgehead atoms. The number of methoxy groups -OCH3 is 2. The van der Waals surface area contributed by atoms with Gasteiger partial charge in [-0.05, 0) is 54.5 Å². The van der Waals surface area contributed by atoms with Crippen molar-refractivity contribution in [1.82, 2.24) is 0 Å². The number of benzene rings is 2. The molecule has 156 valence electrons. The Morgan fingerprint density at radius 3 is 2.07 bits per heavy atom. The van der Waals surface area contributed by atoms with Gasteiger partial charge >= 0.3 is 5.97 Å². The zero-order chi connectivity index (χ0) is 21.8. The quantitative estimate of drug-likeness (QED) is 0.435. The third-order valence-electron chi connectivity index (χ3n) is 3.49. The van der Waals surface area contributed by atoms with Gasteiger partial charge < -0.3 is 19.7 Å². The molecule has 0 aliphatic rings. The van der Waals surface area contributed by atoms with Crippen LogP contribution in [0.5, 0.6) is 17.2 Å². The van der Waals surface area contributed by atoms with Gasteiger partial charge in [0.05, 0.1) is 20.3 Å². The first-order valence-electron chi connectivity index (χ1n) is 8.29. The standard InChI is InChI=1S/C11H9NO3.C11H11NO2.CH4/c1-15-11(14)9(7-12)6-8-2-4-10(13)5-3-8;1-8(7-12)5-9-3-4-10(13)11(6-9)14-2;/h2-6,13H,1H3;3-6,13H,1-2H3;1H4/b9-6+;;. The Bertz CT molecular complexity index is 994. The first-order valence-corrected chi connectivity index (χ1v) is 8.29. The van der Waals surface area contributed by atoms with Crippen LogP contribution < -0.4 is 4.74 Å². The molecule has 2 rings (SSSR count). The molecular weight excluding hydrogens is 384 g/mol. The highest BCUT2D eigenvalue weighted by atomic mass is 16.5. The molecule has 2 aromatic rings. The minimum Gasteiger partial charge on any atom is -0.508 e. The van der Waals surface area contributed by atoms with Crippen LogP contribution in [0.15, 0.2) is 53.6 Å². The molecule has 0 saturated heterocycles. The zero-order valence-electron chi connectivity index (χ0n) is 16.2. The highest BCUT2D eigenvalue weighted by Gasteiger charge is 2.07. The van der Waals surface area contributed by atoms with Crippen LogP contribution in [0.1, 0.15) is 25.5 Å². The van der Waals surface area contributed by atoms with Gasteiger partial charge in [-0.2, -0.15) is 10.5 Å². The highest BCUT2D eigenvalue weighted by Crippen LogP contribution is 2.27. The third kappa shape index (κ3) is 8.20. The van der Waals surface area contributed by atoms with Crippen molar-refractivity contribution in [1.29, 1.82) is 10.5 Å². The summed E-state index contributed by atoms with van der Waals surface area (Å²) in [5.74, 6) is -0.0435. The number of ether oxygens (including phenoxy) is 2. The van der Waals surface area contributed by atoms with E-state index in [4.69, 9.17) is 20.4 Å². The number of aromatic hydroxyl groups is 2. The maximum atomic E-state index is 11.1. The molecule has 0 radical (unpaired) electrons. The number of esters is 1. The monoisotopic (exact) mass is 408 g/mol. The number of allylic oxidation sites excluding steroid dienone is 1. The minimum absolute atomic E-state index is 0. The van der Waals surface area contributed by atoms with Crippen molar-refractivity contribution in [2.45, 2.75) is 14.4 Å². The summed E-state index contributed by atoms with van der Waals surface area (Å²) in [5, 5.41) is 35.6. The summed E-state index contributed by atoms with van der Waals surface area (Å²) >= 11 is 0. The fraction of sp³-hybridized carbons (Fsp3) is 0.174. The van der Waals surface area contributed by atoms with E-state index < -0.39 is 5.97 Å². The van der Waals surface area contributed by atoms with E-state index in [0.717, 1.165) is 5.56 Å². The molecule has 0 spiro atoms. The van der Waals surface area contributed by atoms with Crippen molar-refractivity contribution in [3.05, 3.63) is 64.7 Å². The molecule has 2 aromatic carbocycles. The van der Waals surface area contributed by atoms with Gasteiger partial charge in [0.25, 0.3) is 0 Å². The minimum atomic E-state index is -0.675. The predicted molar refractivity (Wildman–Crippen MR) is 114 cm³/mol. The molecule has 0 atom stereocenters. The molecule has 0 saturated carbocycles. The molecule has 0 fully saturated rings. The van der Waals surface area contributed by atoms with Crippen molar-refractivity contribution >= 4 is 18.1 Å². The average Bonchev–Trinajstić information content (AvgIpc) is 2.74. The number of phenolic OH excluding ortho intramolecular Hbond substituents is 2. The van der Waals surface area contributed by atoms with Gasteiger partial charge in [0, 0.05) is 5.57 Å². The molecule has 30 heavy (non-hydrogen) atoms. The van der Waals surface area contributed by atoms with Crippen LogP contribution in [-0.2, 0) is 9.53 Å². The Morgan fingerprint density at radius 1 is 0.967 bits per heavy atom. The van der Waals surface area contributed by atoms with Crippen LogP contribution in [0.4, 0.5) is 0 Å². The molecule has 7 heteroatoms.